The van der Waals surface area contributed by atoms with E-state index in [9.17, 15) is 4.79 Å². The van der Waals surface area contributed by atoms with Crippen molar-refractivity contribution in [3.63, 3.8) is 0 Å². The second-order valence-corrected chi connectivity index (χ2v) is 4.77. The van der Waals surface area contributed by atoms with Gasteiger partial charge in [0, 0.05) is 33.4 Å². The van der Waals surface area contributed by atoms with Crippen LogP contribution < -0.4 is 5.73 Å². The predicted molar refractivity (Wildman–Crippen MR) is 80.9 cm³/mol. The normalized spacial score (nSPS) is 13.7. The van der Waals surface area contributed by atoms with Crippen molar-refractivity contribution in [2.75, 3.05) is 33.5 Å². The van der Waals surface area contributed by atoms with Crippen LogP contribution in [0.2, 0.25) is 0 Å². The van der Waals surface area contributed by atoms with Gasteiger partial charge in [-0.15, -0.1) is 0 Å². The molecule has 0 amide bonds. The number of carbonyl (C=O) groups is 1. The molecular formula is C16H25NO4. The monoisotopic (exact) mass is 295 g/mol. The third-order valence-corrected chi connectivity index (χ3v) is 3.21. The molecular weight excluding hydrogens is 270 g/mol. The zero-order valence-corrected chi connectivity index (χ0v) is 12.8. The molecule has 1 rings (SSSR count). The molecule has 2 N–H and O–H groups in total. The minimum atomic E-state index is -1.17. The molecule has 0 bridgehead atoms. The second kappa shape index (κ2) is 9.50. The Balaban J connectivity index is 2.63. The first kappa shape index (κ1) is 17.6. The van der Waals surface area contributed by atoms with Crippen molar-refractivity contribution in [2.45, 2.75) is 25.3 Å². The molecule has 0 aliphatic heterocycles. The van der Waals surface area contributed by atoms with Gasteiger partial charge in [-0.05, 0) is 18.9 Å². The van der Waals surface area contributed by atoms with Crippen LogP contribution in [-0.4, -0.2) is 39.5 Å². The number of carbonyl (C=O) groups excluding carboxylic acids is 1. The molecule has 1 unspecified atom stereocenters. The van der Waals surface area contributed by atoms with Crippen LogP contribution in [0.25, 0.3) is 0 Å². The van der Waals surface area contributed by atoms with Crippen LogP contribution in [0.1, 0.15) is 25.3 Å². The fourth-order valence-corrected chi connectivity index (χ4v) is 2.00. The lowest BCUT2D eigenvalue weighted by Gasteiger charge is -2.27. The van der Waals surface area contributed by atoms with Gasteiger partial charge in [-0.1, -0.05) is 30.3 Å². The van der Waals surface area contributed by atoms with Crippen molar-refractivity contribution in [3.05, 3.63) is 35.9 Å². The predicted octanol–water partition coefficient (Wildman–Crippen LogP) is 1.85. The summed E-state index contributed by atoms with van der Waals surface area (Å²) < 4.78 is 15.6. The summed E-state index contributed by atoms with van der Waals surface area (Å²) in [7, 11) is 1.65. The van der Waals surface area contributed by atoms with E-state index in [0.29, 0.717) is 32.8 Å². The Bertz CT molecular complexity index is 410. The molecule has 1 aromatic rings. The van der Waals surface area contributed by atoms with E-state index in [0.717, 1.165) is 12.0 Å². The first-order chi connectivity index (χ1) is 10.1. The highest BCUT2D eigenvalue weighted by Crippen LogP contribution is 2.24. The molecule has 0 fully saturated rings. The van der Waals surface area contributed by atoms with Gasteiger partial charge in [-0.3, -0.25) is 0 Å². The molecule has 1 aromatic carbocycles. The molecule has 0 aromatic heterocycles. The third kappa shape index (κ3) is 5.46. The quantitative estimate of drug-likeness (QED) is 0.527. The molecule has 0 saturated heterocycles. The molecule has 5 nitrogen and oxygen atoms in total. The summed E-state index contributed by atoms with van der Waals surface area (Å²) in [5.41, 5.74) is 5.88. The van der Waals surface area contributed by atoms with Gasteiger partial charge < -0.3 is 19.9 Å². The summed E-state index contributed by atoms with van der Waals surface area (Å²) in [5.74, 6) is -0.420. The summed E-state index contributed by atoms with van der Waals surface area (Å²) in [6, 6.07) is 9.27. The molecule has 21 heavy (non-hydrogen) atoms. The summed E-state index contributed by atoms with van der Waals surface area (Å²) in [4.78, 5) is 12.2. The van der Waals surface area contributed by atoms with E-state index < -0.39 is 11.5 Å². The Morgan fingerprint density at radius 3 is 2.52 bits per heavy atom. The van der Waals surface area contributed by atoms with E-state index in [1.807, 2.05) is 30.3 Å². The van der Waals surface area contributed by atoms with Crippen LogP contribution in [-0.2, 0) is 24.5 Å². The third-order valence-electron chi connectivity index (χ3n) is 3.21. The van der Waals surface area contributed by atoms with E-state index in [2.05, 4.69) is 0 Å². The topological polar surface area (TPSA) is 70.8 Å². The van der Waals surface area contributed by atoms with Crippen molar-refractivity contribution in [1.82, 2.24) is 0 Å². The minimum absolute atomic E-state index is 0.305. The van der Waals surface area contributed by atoms with Gasteiger partial charge in [0.05, 0.1) is 6.61 Å². The highest BCUT2D eigenvalue weighted by Gasteiger charge is 2.37. The van der Waals surface area contributed by atoms with Gasteiger partial charge in [0.2, 0.25) is 0 Å². The second-order valence-electron chi connectivity index (χ2n) is 4.77. The van der Waals surface area contributed by atoms with Crippen LogP contribution >= 0.6 is 0 Å². The molecule has 0 radical (unpaired) electrons. The number of esters is 1. The van der Waals surface area contributed by atoms with Crippen molar-refractivity contribution in [2.24, 2.45) is 5.73 Å². The smallest absolute Gasteiger partial charge is 0.330 e. The lowest BCUT2D eigenvalue weighted by molar-refractivity contribution is -0.151. The van der Waals surface area contributed by atoms with E-state index in [1.54, 1.807) is 14.0 Å². The van der Waals surface area contributed by atoms with Gasteiger partial charge in [0.25, 0.3) is 0 Å². The van der Waals surface area contributed by atoms with E-state index in [1.165, 1.54) is 0 Å². The Hall–Kier alpha value is -1.43. The number of hydrogen-bond donors (Lipinski definition) is 1. The first-order valence-electron chi connectivity index (χ1n) is 7.23. The standard InChI is InChI=1S/C16H25NO4/c1-3-21-15(18)16(17,14-8-5-4-6-9-14)10-13-20-12-7-11-19-2/h4-6,8-9H,3,7,10-13,17H2,1-2H3. The Kier molecular flexibility index (Phi) is 7.97. The van der Waals surface area contributed by atoms with Crippen molar-refractivity contribution >= 4 is 5.97 Å². The fourth-order valence-electron chi connectivity index (χ4n) is 2.00. The van der Waals surface area contributed by atoms with Crippen molar-refractivity contribution < 1.29 is 19.0 Å². The molecule has 0 spiro atoms. The largest absolute Gasteiger partial charge is 0.464 e. The molecule has 1 atom stereocenters. The summed E-state index contributed by atoms with van der Waals surface area (Å²) in [6.07, 6.45) is 1.20. The summed E-state index contributed by atoms with van der Waals surface area (Å²) in [5, 5.41) is 0. The van der Waals surface area contributed by atoms with E-state index in [4.69, 9.17) is 19.9 Å². The van der Waals surface area contributed by atoms with Gasteiger partial charge in [0.1, 0.15) is 5.54 Å². The summed E-state index contributed by atoms with van der Waals surface area (Å²) in [6.45, 7) is 3.71. The lowest BCUT2D eigenvalue weighted by atomic mass is 9.88. The first-order valence-corrected chi connectivity index (χ1v) is 7.23. The molecule has 0 aliphatic carbocycles. The zero-order valence-electron chi connectivity index (χ0n) is 12.8. The van der Waals surface area contributed by atoms with Gasteiger partial charge in [0.15, 0.2) is 0 Å². The molecule has 5 heteroatoms. The maximum Gasteiger partial charge on any atom is 0.330 e. The zero-order chi connectivity index (χ0) is 15.6. The van der Waals surface area contributed by atoms with Crippen molar-refractivity contribution in [1.29, 1.82) is 0 Å². The maximum absolute atomic E-state index is 12.2. The average molecular weight is 295 g/mol. The Morgan fingerprint density at radius 1 is 1.19 bits per heavy atom. The van der Waals surface area contributed by atoms with Gasteiger partial charge in [-0.2, -0.15) is 0 Å². The van der Waals surface area contributed by atoms with Crippen LogP contribution in [0.15, 0.2) is 30.3 Å². The summed E-state index contributed by atoms with van der Waals surface area (Å²) >= 11 is 0. The molecule has 118 valence electrons. The van der Waals surface area contributed by atoms with Crippen LogP contribution in [0, 0.1) is 0 Å². The van der Waals surface area contributed by atoms with E-state index >= 15 is 0 Å². The molecule has 0 heterocycles. The Labute approximate surface area is 126 Å². The van der Waals surface area contributed by atoms with Gasteiger partial charge >= 0.3 is 5.97 Å². The van der Waals surface area contributed by atoms with Crippen molar-refractivity contribution in [3.8, 4) is 0 Å². The fraction of sp³-hybridized carbons (Fsp3) is 0.562. The number of benzene rings is 1. The Morgan fingerprint density at radius 2 is 1.90 bits per heavy atom. The number of nitrogens with two attached hydrogens (primary N) is 1. The number of methoxy groups -OCH3 is 1. The number of ether oxygens (including phenoxy) is 3. The average Bonchev–Trinajstić information content (AvgIpc) is 2.51. The van der Waals surface area contributed by atoms with Crippen LogP contribution in [0.4, 0.5) is 0 Å². The molecule has 0 saturated carbocycles. The molecule has 0 aliphatic rings. The SMILES string of the molecule is CCOC(=O)C(N)(CCOCCCOC)c1ccccc1. The number of rotatable bonds is 10. The van der Waals surface area contributed by atoms with E-state index in [-0.39, 0.29) is 0 Å². The van der Waals surface area contributed by atoms with Crippen LogP contribution in [0.3, 0.4) is 0 Å². The van der Waals surface area contributed by atoms with Gasteiger partial charge in [-0.25, -0.2) is 4.79 Å². The number of hydrogen-bond acceptors (Lipinski definition) is 5. The lowest BCUT2D eigenvalue weighted by Crippen LogP contribution is -2.47. The highest BCUT2D eigenvalue weighted by atomic mass is 16.5. The highest BCUT2D eigenvalue weighted by molar-refractivity contribution is 5.82. The minimum Gasteiger partial charge on any atom is -0.464 e. The maximum atomic E-state index is 12.2. The van der Waals surface area contributed by atoms with Crippen LogP contribution in [0.5, 0.6) is 0 Å².